The summed E-state index contributed by atoms with van der Waals surface area (Å²) in [6, 6.07) is 0. The maximum absolute atomic E-state index is 13.1. The van der Waals surface area contributed by atoms with E-state index in [2.05, 4.69) is 5.16 Å². The van der Waals surface area contributed by atoms with Crippen molar-refractivity contribution in [1.82, 2.24) is 9.46 Å². The van der Waals surface area contributed by atoms with Gasteiger partial charge in [0, 0.05) is 13.1 Å². The van der Waals surface area contributed by atoms with Crippen LogP contribution in [0.15, 0.2) is 21.6 Å². The number of hydrogen-bond donors (Lipinski definition) is 0. The summed E-state index contributed by atoms with van der Waals surface area (Å²) in [5.74, 6) is -0.304. The molecule has 1 aromatic heterocycles. The zero-order valence-corrected chi connectivity index (χ0v) is 15.7. The van der Waals surface area contributed by atoms with Crippen LogP contribution in [0.2, 0.25) is 0 Å². The summed E-state index contributed by atoms with van der Waals surface area (Å²) in [5, 5.41) is 3.76. The van der Waals surface area contributed by atoms with Crippen molar-refractivity contribution in [2.45, 2.75) is 32.6 Å². The highest BCUT2D eigenvalue weighted by Gasteiger charge is 2.48. The van der Waals surface area contributed by atoms with Gasteiger partial charge in [0.15, 0.2) is 5.76 Å². The molecule has 0 spiro atoms. The molecule has 1 saturated heterocycles. The minimum Gasteiger partial charge on any atom is -0.466 e. The lowest BCUT2D eigenvalue weighted by Gasteiger charge is -2.32. The highest BCUT2D eigenvalue weighted by atomic mass is 32.2. The van der Waals surface area contributed by atoms with Crippen LogP contribution in [0, 0.1) is 37.5 Å². The van der Waals surface area contributed by atoms with Gasteiger partial charge in [0.1, 0.15) is 10.6 Å². The normalized spacial score (nSPS) is 29.6. The molecule has 4 atom stereocenters. The third kappa shape index (κ3) is 3.01. The van der Waals surface area contributed by atoms with Crippen LogP contribution in [0.25, 0.3) is 0 Å². The molecule has 0 aromatic carbocycles. The summed E-state index contributed by atoms with van der Waals surface area (Å²) in [6.07, 6.45) is 4.03. The molecule has 1 fully saturated rings. The van der Waals surface area contributed by atoms with E-state index in [0.717, 1.165) is 0 Å². The van der Waals surface area contributed by atoms with Gasteiger partial charge < -0.3 is 9.26 Å². The van der Waals surface area contributed by atoms with Gasteiger partial charge in [-0.3, -0.25) is 4.79 Å². The van der Waals surface area contributed by atoms with Crippen LogP contribution in [0.1, 0.15) is 25.3 Å². The van der Waals surface area contributed by atoms with Crippen LogP contribution < -0.4 is 0 Å². The number of esters is 1. The summed E-state index contributed by atoms with van der Waals surface area (Å²) in [4.78, 5) is 12.5. The van der Waals surface area contributed by atoms with Gasteiger partial charge in [0.25, 0.3) is 0 Å². The molecule has 8 heteroatoms. The highest BCUT2D eigenvalue weighted by molar-refractivity contribution is 7.89. The number of carbonyl (C=O) groups excluding carboxylic acids is 1. The first-order chi connectivity index (χ1) is 11.8. The third-order valence-electron chi connectivity index (χ3n) is 5.19. The molecular weight excluding hydrogens is 344 g/mol. The molecule has 0 unspecified atom stereocenters. The molecule has 0 N–H and O–H groups in total. The molecule has 25 heavy (non-hydrogen) atoms. The monoisotopic (exact) mass is 368 g/mol. The topological polar surface area (TPSA) is 89.7 Å². The van der Waals surface area contributed by atoms with Crippen LogP contribution in [0.3, 0.4) is 0 Å². The average Bonchev–Trinajstić information content (AvgIpc) is 3.11. The Morgan fingerprint density at radius 3 is 2.68 bits per heavy atom. The van der Waals surface area contributed by atoms with Gasteiger partial charge in [-0.15, -0.1) is 0 Å². The first-order valence-electron chi connectivity index (χ1n) is 8.55. The smallest absolute Gasteiger partial charge is 0.309 e. The molecule has 0 saturated carbocycles. The van der Waals surface area contributed by atoms with E-state index in [0.29, 0.717) is 31.2 Å². The van der Waals surface area contributed by atoms with Gasteiger partial charge in [-0.05, 0) is 38.5 Å². The van der Waals surface area contributed by atoms with Crippen molar-refractivity contribution in [3.8, 4) is 0 Å². The predicted octanol–water partition coefficient (Wildman–Crippen LogP) is 1.91. The first kappa shape index (κ1) is 18.1. The number of ether oxygens (including phenoxy) is 1. The van der Waals surface area contributed by atoms with Gasteiger partial charge in [-0.2, -0.15) is 4.31 Å². The van der Waals surface area contributed by atoms with E-state index >= 15 is 0 Å². The Bertz CT molecular complexity index is 778. The van der Waals surface area contributed by atoms with Gasteiger partial charge in [-0.25, -0.2) is 8.42 Å². The molecule has 0 radical (unpaired) electrons. The molecule has 2 heterocycles. The summed E-state index contributed by atoms with van der Waals surface area (Å²) < 4.78 is 37.8. The minimum absolute atomic E-state index is 0.0147. The number of fused-ring (bicyclic) bond motifs is 1. The van der Waals surface area contributed by atoms with Gasteiger partial charge in [0.05, 0.1) is 12.5 Å². The zero-order valence-electron chi connectivity index (χ0n) is 14.9. The third-order valence-corrected chi connectivity index (χ3v) is 7.27. The Morgan fingerprint density at radius 2 is 2.08 bits per heavy atom. The van der Waals surface area contributed by atoms with Crippen molar-refractivity contribution in [2.75, 3.05) is 19.7 Å². The second-order valence-electron chi connectivity index (χ2n) is 6.82. The summed E-state index contributed by atoms with van der Waals surface area (Å²) in [5.41, 5.74) is 0.359. The van der Waals surface area contributed by atoms with Crippen molar-refractivity contribution in [3.63, 3.8) is 0 Å². The number of sulfonamides is 1. The molecule has 3 rings (SSSR count). The van der Waals surface area contributed by atoms with Crippen LogP contribution in [0.5, 0.6) is 0 Å². The summed E-state index contributed by atoms with van der Waals surface area (Å²) in [6.45, 7) is 7.95. The standard InChI is InChI=1S/C17H24N2O5S/c1-5-23-17(20)15-10(2)6-7-13-8-19(9-14(13)15)25(21,22)16-11(3)18-24-12(16)4/h6-7,10,13-15H,5,8-9H2,1-4H3/t10-,13-,14+,15+/m0/s1. The fourth-order valence-corrected chi connectivity index (χ4v) is 5.83. The van der Waals surface area contributed by atoms with Crippen LogP contribution in [-0.4, -0.2) is 43.5 Å². The number of aryl methyl sites for hydroxylation is 2. The van der Waals surface area contributed by atoms with Gasteiger partial charge in [0.2, 0.25) is 10.0 Å². The molecule has 138 valence electrons. The quantitative estimate of drug-likeness (QED) is 0.596. The predicted molar refractivity (Wildman–Crippen MR) is 90.1 cm³/mol. The lowest BCUT2D eigenvalue weighted by molar-refractivity contribution is -0.152. The number of rotatable bonds is 4. The van der Waals surface area contributed by atoms with E-state index in [1.807, 2.05) is 19.1 Å². The van der Waals surface area contributed by atoms with E-state index in [9.17, 15) is 13.2 Å². The van der Waals surface area contributed by atoms with Crippen LogP contribution >= 0.6 is 0 Å². The summed E-state index contributed by atoms with van der Waals surface area (Å²) >= 11 is 0. The molecule has 1 aromatic rings. The number of aromatic nitrogens is 1. The lowest BCUT2D eigenvalue weighted by atomic mass is 9.73. The zero-order chi connectivity index (χ0) is 18.4. The molecule has 1 aliphatic carbocycles. The van der Waals surface area contributed by atoms with Gasteiger partial charge >= 0.3 is 5.97 Å². The number of nitrogens with zero attached hydrogens (tertiary/aromatic N) is 2. The molecule has 2 aliphatic rings. The number of carbonyl (C=O) groups is 1. The van der Waals surface area contributed by atoms with Gasteiger partial charge in [-0.1, -0.05) is 24.2 Å². The van der Waals surface area contributed by atoms with Crippen molar-refractivity contribution in [2.24, 2.45) is 23.7 Å². The van der Waals surface area contributed by atoms with Crippen molar-refractivity contribution < 1.29 is 22.5 Å². The van der Waals surface area contributed by atoms with E-state index in [1.165, 1.54) is 4.31 Å². The maximum atomic E-state index is 13.1. The minimum atomic E-state index is -3.70. The Balaban J connectivity index is 1.90. The van der Waals surface area contributed by atoms with Crippen molar-refractivity contribution in [1.29, 1.82) is 0 Å². The van der Waals surface area contributed by atoms with E-state index < -0.39 is 10.0 Å². The second-order valence-corrected chi connectivity index (χ2v) is 8.70. The van der Waals surface area contributed by atoms with Crippen molar-refractivity contribution >= 4 is 16.0 Å². The number of hydrogen-bond acceptors (Lipinski definition) is 6. The highest BCUT2D eigenvalue weighted by Crippen LogP contribution is 2.42. The Hall–Kier alpha value is -1.67. The molecule has 0 amide bonds. The molecule has 0 bridgehead atoms. The van der Waals surface area contributed by atoms with E-state index in [1.54, 1.807) is 20.8 Å². The Labute approximate surface area is 148 Å². The molecule has 1 aliphatic heterocycles. The van der Waals surface area contributed by atoms with Crippen molar-refractivity contribution in [3.05, 3.63) is 23.6 Å². The van der Waals surface area contributed by atoms with Crippen LogP contribution in [0.4, 0.5) is 0 Å². The van der Waals surface area contributed by atoms with E-state index in [-0.39, 0.29) is 34.5 Å². The maximum Gasteiger partial charge on any atom is 0.309 e. The van der Waals surface area contributed by atoms with Crippen LogP contribution in [-0.2, 0) is 19.6 Å². The summed E-state index contributed by atoms with van der Waals surface area (Å²) in [7, 11) is -3.70. The second kappa shape index (κ2) is 6.57. The Morgan fingerprint density at radius 1 is 1.36 bits per heavy atom. The lowest BCUT2D eigenvalue weighted by Crippen LogP contribution is -2.37. The van der Waals surface area contributed by atoms with E-state index in [4.69, 9.17) is 9.26 Å². The number of allylic oxidation sites excluding steroid dienone is 1. The first-order valence-corrected chi connectivity index (χ1v) is 9.99. The SMILES string of the molecule is CCOC(=O)[C@H]1[C@@H]2CN(S(=O)(=O)c3c(C)noc3C)C[C@@H]2C=C[C@@H]1C. The fraction of sp³-hybridized carbons (Fsp3) is 0.647. The fourth-order valence-electron chi connectivity index (χ4n) is 4.02. The largest absolute Gasteiger partial charge is 0.466 e. The molecule has 7 nitrogen and oxygen atoms in total. The molecular formula is C17H24N2O5S. The Kier molecular flexibility index (Phi) is 4.76. The average molecular weight is 368 g/mol.